The molecule has 1 saturated carbocycles. The molecule has 22 heavy (non-hydrogen) atoms. The topological polar surface area (TPSA) is 104 Å². The van der Waals surface area contributed by atoms with Crippen molar-refractivity contribution < 1.29 is 9.47 Å². The van der Waals surface area contributed by atoms with E-state index in [2.05, 4.69) is 17.1 Å². The van der Waals surface area contributed by atoms with Crippen LogP contribution in [0.1, 0.15) is 18.4 Å². The van der Waals surface area contributed by atoms with E-state index in [-0.39, 0.29) is 11.9 Å². The molecule has 1 spiro atoms. The number of nitriles is 2. The normalized spacial score (nSPS) is 45.0. The number of nitrogens with zero attached hydrogens (tertiary/aromatic N) is 3. The van der Waals surface area contributed by atoms with E-state index >= 15 is 0 Å². The summed E-state index contributed by atoms with van der Waals surface area (Å²) in [4.78, 5) is 4.27. The van der Waals surface area contributed by atoms with Crippen molar-refractivity contribution >= 4 is 5.84 Å². The molecule has 1 aromatic rings. The molecule has 0 unspecified atom stereocenters. The van der Waals surface area contributed by atoms with E-state index in [0.29, 0.717) is 6.61 Å². The summed E-state index contributed by atoms with van der Waals surface area (Å²) in [5, 5.41) is 19.7. The number of fused-ring (bicyclic) bond motifs is 2. The van der Waals surface area contributed by atoms with E-state index in [4.69, 9.17) is 15.2 Å². The first-order valence-electron chi connectivity index (χ1n) is 7.13. The van der Waals surface area contributed by atoms with Crippen LogP contribution < -0.4 is 5.73 Å². The van der Waals surface area contributed by atoms with E-state index in [1.165, 1.54) is 0 Å². The van der Waals surface area contributed by atoms with Gasteiger partial charge in [-0.3, -0.25) is 0 Å². The molecule has 6 nitrogen and oxygen atoms in total. The van der Waals surface area contributed by atoms with E-state index in [1.54, 1.807) is 0 Å². The van der Waals surface area contributed by atoms with Gasteiger partial charge in [0.2, 0.25) is 0 Å². The molecule has 2 fully saturated rings. The van der Waals surface area contributed by atoms with Gasteiger partial charge in [-0.05, 0) is 12.5 Å². The quantitative estimate of drug-likeness (QED) is 0.839. The monoisotopic (exact) mass is 294 g/mol. The zero-order valence-electron chi connectivity index (χ0n) is 12.0. The van der Waals surface area contributed by atoms with Gasteiger partial charge in [-0.15, -0.1) is 0 Å². The minimum Gasteiger partial charge on any atom is -0.386 e. The molecular weight excluding hydrogens is 280 g/mol. The molecule has 1 aliphatic carbocycles. The molecule has 3 aliphatic rings. The van der Waals surface area contributed by atoms with Crippen LogP contribution in [-0.4, -0.2) is 24.5 Å². The van der Waals surface area contributed by atoms with E-state index < -0.39 is 22.7 Å². The number of benzene rings is 1. The fourth-order valence-corrected chi connectivity index (χ4v) is 4.01. The number of hydrogen-bond acceptors (Lipinski definition) is 6. The largest absolute Gasteiger partial charge is 0.386 e. The SMILES string of the molecule is C[C@@H]1CO[C@]2(N=C(N)[C@]3(C#N)[C@@H](c4ccccc4)[C@@]23C#N)O1. The van der Waals surface area contributed by atoms with Gasteiger partial charge in [-0.25, -0.2) is 4.99 Å². The molecule has 0 aromatic heterocycles. The third kappa shape index (κ3) is 1.13. The molecule has 5 atom stereocenters. The highest BCUT2D eigenvalue weighted by Crippen LogP contribution is 2.82. The molecule has 0 radical (unpaired) electrons. The highest BCUT2D eigenvalue weighted by atomic mass is 16.8. The Morgan fingerprint density at radius 3 is 2.55 bits per heavy atom. The summed E-state index contributed by atoms with van der Waals surface area (Å²) >= 11 is 0. The summed E-state index contributed by atoms with van der Waals surface area (Å²) in [6.45, 7) is 2.17. The second kappa shape index (κ2) is 3.86. The molecule has 2 aliphatic heterocycles. The van der Waals surface area contributed by atoms with Crippen molar-refractivity contribution in [3.8, 4) is 12.1 Å². The van der Waals surface area contributed by atoms with Crippen LogP contribution in [0.5, 0.6) is 0 Å². The lowest BCUT2D eigenvalue weighted by Crippen LogP contribution is -2.39. The van der Waals surface area contributed by atoms with Gasteiger partial charge in [0.15, 0.2) is 5.41 Å². The lowest BCUT2D eigenvalue weighted by atomic mass is 9.94. The molecule has 0 bridgehead atoms. The standard InChI is InChI=1S/C16H14N4O2/c1-10-7-21-16(22-10)15(9-18)12(11-5-3-2-4-6-11)14(15,8-17)13(19)20-16/h2-6,10,12H,7H2,1H3,(H2,19,20)/t10-,12-,14+,15-,16+/m1/s1. The smallest absolute Gasteiger partial charge is 0.293 e. The van der Waals surface area contributed by atoms with Gasteiger partial charge in [0.25, 0.3) is 5.91 Å². The molecule has 1 saturated heterocycles. The van der Waals surface area contributed by atoms with Gasteiger partial charge in [0.05, 0.1) is 24.8 Å². The highest BCUT2D eigenvalue weighted by molar-refractivity contribution is 6.00. The zero-order valence-corrected chi connectivity index (χ0v) is 12.0. The second-order valence-electron chi connectivity index (χ2n) is 6.00. The summed E-state index contributed by atoms with van der Waals surface area (Å²) in [5.41, 5.74) is 4.52. The van der Waals surface area contributed by atoms with Crippen LogP contribution in [0.25, 0.3) is 0 Å². The molecule has 0 amide bonds. The Hall–Kier alpha value is -2.41. The van der Waals surface area contributed by atoms with Crippen molar-refractivity contribution in [1.82, 2.24) is 0 Å². The van der Waals surface area contributed by atoms with Gasteiger partial charge >= 0.3 is 0 Å². The predicted molar refractivity (Wildman–Crippen MR) is 76.1 cm³/mol. The molecule has 1 aromatic carbocycles. The Bertz CT molecular complexity index is 765. The zero-order chi connectivity index (χ0) is 15.6. The Kier molecular flexibility index (Phi) is 2.33. The molecular formula is C16H14N4O2. The number of rotatable bonds is 1. The lowest BCUT2D eigenvalue weighted by Gasteiger charge is -2.26. The maximum absolute atomic E-state index is 9.93. The number of aliphatic imine (C=N–C) groups is 1. The first kappa shape index (κ1) is 13.3. The summed E-state index contributed by atoms with van der Waals surface area (Å²) in [5.74, 6) is -1.75. The summed E-state index contributed by atoms with van der Waals surface area (Å²) in [6.07, 6.45) is -0.201. The third-order valence-corrected chi connectivity index (χ3v) is 4.93. The van der Waals surface area contributed by atoms with Crippen LogP contribution in [0.2, 0.25) is 0 Å². The minimum absolute atomic E-state index is 0.125. The van der Waals surface area contributed by atoms with Crippen molar-refractivity contribution in [3.63, 3.8) is 0 Å². The predicted octanol–water partition coefficient (Wildman–Crippen LogP) is 1.26. The van der Waals surface area contributed by atoms with Crippen LogP contribution in [0.3, 0.4) is 0 Å². The van der Waals surface area contributed by atoms with Gasteiger partial charge in [0.1, 0.15) is 11.3 Å². The van der Waals surface area contributed by atoms with Crippen LogP contribution >= 0.6 is 0 Å². The first-order valence-corrected chi connectivity index (χ1v) is 7.13. The third-order valence-electron chi connectivity index (χ3n) is 4.93. The Balaban J connectivity index is 1.93. The fraction of sp³-hybridized carbons (Fsp3) is 0.438. The van der Waals surface area contributed by atoms with Crippen molar-refractivity contribution in [1.29, 1.82) is 10.5 Å². The Labute approximate surface area is 127 Å². The lowest BCUT2D eigenvalue weighted by molar-refractivity contribution is -0.193. The highest BCUT2D eigenvalue weighted by Gasteiger charge is 2.94. The van der Waals surface area contributed by atoms with Gasteiger partial charge < -0.3 is 15.2 Å². The fourth-order valence-electron chi connectivity index (χ4n) is 4.01. The summed E-state index contributed by atoms with van der Waals surface area (Å²) in [6, 6.07) is 13.9. The Morgan fingerprint density at radius 1 is 1.27 bits per heavy atom. The molecule has 2 heterocycles. The summed E-state index contributed by atoms with van der Waals surface area (Å²) in [7, 11) is 0. The number of amidine groups is 1. The Morgan fingerprint density at radius 2 is 2.00 bits per heavy atom. The van der Waals surface area contributed by atoms with Crippen LogP contribution in [0, 0.1) is 33.5 Å². The molecule has 2 N–H and O–H groups in total. The molecule has 6 heteroatoms. The van der Waals surface area contributed by atoms with E-state index in [1.807, 2.05) is 37.3 Å². The van der Waals surface area contributed by atoms with E-state index in [0.717, 1.165) is 5.56 Å². The number of ether oxygens (including phenoxy) is 2. The second-order valence-corrected chi connectivity index (χ2v) is 6.00. The number of nitrogens with two attached hydrogens (primary N) is 1. The van der Waals surface area contributed by atoms with E-state index in [9.17, 15) is 10.5 Å². The van der Waals surface area contributed by atoms with Crippen molar-refractivity contribution in [2.45, 2.75) is 24.9 Å². The van der Waals surface area contributed by atoms with Crippen molar-refractivity contribution in [2.75, 3.05) is 6.61 Å². The van der Waals surface area contributed by atoms with Crippen LogP contribution in [0.4, 0.5) is 0 Å². The average molecular weight is 294 g/mol. The van der Waals surface area contributed by atoms with Crippen molar-refractivity contribution in [2.24, 2.45) is 21.6 Å². The maximum Gasteiger partial charge on any atom is 0.293 e. The first-order chi connectivity index (χ1) is 10.6. The maximum atomic E-state index is 9.93. The molecule has 110 valence electrons. The van der Waals surface area contributed by atoms with Crippen molar-refractivity contribution in [3.05, 3.63) is 35.9 Å². The van der Waals surface area contributed by atoms with Gasteiger partial charge in [0, 0.05) is 5.92 Å². The molecule has 4 rings (SSSR count). The van der Waals surface area contributed by atoms with Gasteiger partial charge in [-0.2, -0.15) is 10.5 Å². The average Bonchev–Trinajstić information content (AvgIpc) is 2.93. The van der Waals surface area contributed by atoms with Crippen LogP contribution in [-0.2, 0) is 9.47 Å². The number of hydrogen-bond donors (Lipinski definition) is 1. The van der Waals surface area contributed by atoms with Gasteiger partial charge in [-0.1, -0.05) is 30.3 Å². The van der Waals surface area contributed by atoms with Crippen LogP contribution in [0.15, 0.2) is 35.3 Å². The summed E-state index contributed by atoms with van der Waals surface area (Å²) < 4.78 is 11.6. The minimum atomic E-state index is -1.47.